The fraction of sp³-hybridized carbons (Fsp3) is 0.538. The highest BCUT2D eigenvalue weighted by atomic mass is 16.5. The van der Waals surface area contributed by atoms with Gasteiger partial charge in [-0.3, -0.25) is 14.7 Å². The number of primary amides is 1. The fourth-order valence-electron chi connectivity index (χ4n) is 7.96. The third-order valence-electron chi connectivity index (χ3n) is 10.3. The molecule has 3 heterocycles. The molecule has 8 heteroatoms. The number of pyridine rings is 1. The number of piperidine rings is 1. The first-order chi connectivity index (χ1) is 23.1. The zero-order valence-electron chi connectivity index (χ0n) is 28.6. The van der Waals surface area contributed by atoms with Crippen molar-refractivity contribution in [3.63, 3.8) is 0 Å². The molecular formula is C39H55N5O3. The van der Waals surface area contributed by atoms with Gasteiger partial charge in [-0.05, 0) is 87.8 Å². The lowest BCUT2D eigenvalue weighted by Crippen LogP contribution is -2.49. The zero-order chi connectivity index (χ0) is 32.9. The molecule has 1 aromatic heterocycles. The van der Waals surface area contributed by atoms with Gasteiger partial charge < -0.3 is 25.0 Å². The Bertz CT molecular complexity index is 1310. The van der Waals surface area contributed by atoms with Crippen LogP contribution < -0.4 is 10.5 Å². The molecule has 0 bridgehead atoms. The second-order valence-electron chi connectivity index (χ2n) is 13.2. The number of rotatable bonds is 18. The molecule has 0 radical (unpaired) electrons. The van der Waals surface area contributed by atoms with Gasteiger partial charge in [0.15, 0.2) is 0 Å². The Morgan fingerprint density at radius 2 is 1.57 bits per heavy atom. The van der Waals surface area contributed by atoms with Crippen LogP contribution in [0.25, 0.3) is 0 Å². The van der Waals surface area contributed by atoms with E-state index in [1.54, 1.807) is 13.3 Å². The number of aromatic nitrogens is 1. The summed E-state index contributed by atoms with van der Waals surface area (Å²) in [7, 11) is 1.73. The quantitative estimate of drug-likeness (QED) is 0.187. The minimum atomic E-state index is -0.832. The Balaban J connectivity index is 1.03. The van der Waals surface area contributed by atoms with Crippen LogP contribution >= 0.6 is 0 Å². The fourth-order valence-corrected chi connectivity index (χ4v) is 7.96. The van der Waals surface area contributed by atoms with Crippen LogP contribution in [0.1, 0.15) is 62.1 Å². The molecule has 3 aromatic rings. The van der Waals surface area contributed by atoms with Crippen molar-refractivity contribution in [2.24, 2.45) is 11.7 Å². The lowest BCUT2D eigenvalue weighted by atomic mass is 9.64. The Morgan fingerprint density at radius 1 is 0.915 bits per heavy atom. The first kappa shape index (κ1) is 35.0. The Morgan fingerprint density at radius 3 is 2.21 bits per heavy atom. The van der Waals surface area contributed by atoms with Gasteiger partial charge in [0.25, 0.3) is 0 Å². The second-order valence-corrected chi connectivity index (χ2v) is 13.2. The third-order valence-corrected chi connectivity index (χ3v) is 10.3. The van der Waals surface area contributed by atoms with Gasteiger partial charge in [-0.2, -0.15) is 0 Å². The van der Waals surface area contributed by atoms with Crippen molar-refractivity contribution in [1.29, 1.82) is 0 Å². The number of hydrogen-bond donors (Lipinski definition) is 1. The van der Waals surface area contributed by atoms with Gasteiger partial charge in [0, 0.05) is 63.4 Å². The van der Waals surface area contributed by atoms with E-state index >= 15 is 0 Å². The van der Waals surface area contributed by atoms with Crippen molar-refractivity contribution in [2.75, 3.05) is 66.1 Å². The monoisotopic (exact) mass is 641 g/mol. The van der Waals surface area contributed by atoms with Crippen LogP contribution in [-0.2, 0) is 21.5 Å². The summed E-state index contributed by atoms with van der Waals surface area (Å²) < 4.78 is 11.7. The molecular weight excluding hydrogens is 586 g/mol. The SMILES string of the molecule is CCCN(CCCOCCCN1CC[C@@H](C(C(N)=O)(c2ccccc2)c2ccccc2)C1)C1CCN(Cc2cnccc2OC)CC1. The van der Waals surface area contributed by atoms with Gasteiger partial charge in [-0.25, -0.2) is 0 Å². The number of amides is 1. The van der Waals surface area contributed by atoms with E-state index in [9.17, 15) is 4.79 Å². The van der Waals surface area contributed by atoms with Gasteiger partial charge >= 0.3 is 0 Å². The summed E-state index contributed by atoms with van der Waals surface area (Å²) >= 11 is 0. The maximum absolute atomic E-state index is 13.3. The lowest BCUT2D eigenvalue weighted by molar-refractivity contribution is -0.123. The molecule has 0 spiro atoms. The van der Waals surface area contributed by atoms with Crippen LogP contribution in [0, 0.1) is 5.92 Å². The van der Waals surface area contributed by atoms with Crippen molar-refractivity contribution < 1.29 is 14.3 Å². The molecule has 254 valence electrons. The number of nitrogens with two attached hydrogens (primary N) is 1. The van der Waals surface area contributed by atoms with Crippen LogP contribution in [0.2, 0.25) is 0 Å². The van der Waals surface area contributed by atoms with Crippen molar-refractivity contribution in [3.8, 4) is 5.75 Å². The summed E-state index contributed by atoms with van der Waals surface area (Å²) in [6, 6.07) is 22.8. The second kappa shape index (κ2) is 17.7. The van der Waals surface area contributed by atoms with Crippen LogP contribution in [-0.4, -0.2) is 97.8 Å². The predicted molar refractivity (Wildman–Crippen MR) is 188 cm³/mol. The minimum absolute atomic E-state index is 0.125. The standard InChI is InChI=1S/C39H55N5O3/c1-3-21-44(36-18-25-43(26-19-36)30-32-29-41-20-16-37(32)46-2)23-11-28-47-27-10-22-42-24-17-35(31-42)39(38(40)45,33-12-6-4-7-13-33)34-14-8-5-9-15-34/h4-9,12-16,20,29,35-36H,3,10-11,17-19,21-28,30-31H2,1-2H3,(H2,40,45)/t35-/m1/s1. The third kappa shape index (κ3) is 8.79. The topological polar surface area (TPSA) is 84.2 Å². The molecule has 5 rings (SSSR count). The summed E-state index contributed by atoms with van der Waals surface area (Å²) in [5.41, 5.74) is 8.58. The normalized spacial score (nSPS) is 18.1. The smallest absolute Gasteiger partial charge is 0.232 e. The van der Waals surface area contributed by atoms with Gasteiger partial charge in [0.05, 0.1) is 7.11 Å². The van der Waals surface area contributed by atoms with Crippen molar-refractivity contribution in [1.82, 2.24) is 19.7 Å². The van der Waals surface area contributed by atoms with Crippen molar-refractivity contribution >= 4 is 5.91 Å². The molecule has 2 aliphatic rings. The van der Waals surface area contributed by atoms with E-state index in [-0.39, 0.29) is 11.8 Å². The van der Waals surface area contributed by atoms with Gasteiger partial charge in [0.1, 0.15) is 11.2 Å². The molecule has 0 aliphatic carbocycles. The summed E-state index contributed by atoms with van der Waals surface area (Å²) in [4.78, 5) is 25.4. The Labute approximate surface area is 282 Å². The summed E-state index contributed by atoms with van der Waals surface area (Å²) in [6.07, 6.45) is 10.3. The number of methoxy groups -OCH3 is 1. The molecule has 1 atom stereocenters. The number of carbonyl (C=O) groups excluding carboxylic acids is 1. The van der Waals surface area contributed by atoms with Crippen LogP contribution in [0.15, 0.2) is 79.1 Å². The minimum Gasteiger partial charge on any atom is -0.496 e. The van der Waals surface area contributed by atoms with E-state index < -0.39 is 5.41 Å². The maximum Gasteiger partial charge on any atom is 0.232 e. The van der Waals surface area contributed by atoms with E-state index in [0.29, 0.717) is 6.04 Å². The van der Waals surface area contributed by atoms with Gasteiger partial charge in [-0.1, -0.05) is 67.6 Å². The van der Waals surface area contributed by atoms with Crippen molar-refractivity contribution in [2.45, 2.75) is 63.5 Å². The molecule has 1 amide bonds. The first-order valence-electron chi connectivity index (χ1n) is 17.7. The van der Waals surface area contributed by atoms with Crippen LogP contribution in [0.5, 0.6) is 5.75 Å². The largest absolute Gasteiger partial charge is 0.496 e. The van der Waals surface area contributed by atoms with E-state index in [1.807, 2.05) is 48.7 Å². The predicted octanol–water partition coefficient (Wildman–Crippen LogP) is 5.36. The number of hydrogen-bond acceptors (Lipinski definition) is 7. The number of ether oxygens (including phenoxy) is 2. The highest BCUT2D eigenvalue weighted by Gasteiger charge is 2.49. The van der Waals surface area contributed by atoms with E-state index in [2.05, 4.69) is 50.9 Å². The summed E-state index contributed by atoms with van der Waals surface area (Å²) in [5.74, 6) is 0.786. The number of benzene rings is 2. The Kier molecular flexibility index (Phi) is 13.2. The van der Waals surface area contributed by atoms with Gasteiger partial charge in [-0.15, -0.1) is 0 Å². The first-order valence-corrected chi connectivity index (χ1v) is 17.7. The molecule has 2 fully saturated rings. The maximum atomic E-state index is 13.3. The van der Waals surface area contributed by atoms with Gasteiger partial charge in [0.2, 0.25) is 5.91 Å². The average Bonchev–Trinajstić information content (AvgIpc) is 3.58. The molecule has 2 N–H and O–H groups in total. The van der Waals surface area contributed by atoms with Crippen LogP contribution in [0.3, 0.4) is 0 Å². The Hall–Kier alpha value is -3.30. The lowest BCUT2D eigenvalue weighted by Gasteiger charge is -2.38. The molecule has 8 nitrogen and oxygen atoms in total. The van der Waals surface area contributed by atoms with E-state index in [1.165, 1.54) is 24.8 Å². The number of nitrogens with zero attached hydrogens (tertiary/aromatic N) is 4. The van der Waals surface area contributed by atoms with E-state index in [0.717, 1.165) is 102 Å². The number of likely N-dealkylation sites (tertiary alicyclic amines) is 2. The highest BCUT2D eigenvalue weighted by molar-refractivity contribution is 5.91. The highest BCUT2D eigenvalue weighted by Crippen LogP contribution is 2.43. The number of carbonyl (C=O) groups is 1. The molecule has 2 aromatic carbocycles. The summed E-state index contributed by atoms with van der Waals surface area (Å²) in [5, 5.41) is 0. The van der Waals surface area contributed by atoms with Crippen molar-refractivity contribution in [3.05, 3.63) is 95.8 Å². The molecule has 2 aliphatic heterocycles. The van der Waals surface area contributed by atoms with E-state index in [4.69, 9.17) is 15.2 Å². The molecule has 0 unspecified atom stereocenters. The molecule has 47 heavy (non-hydrogen) atoms. The molecule has 0 saturated carbocycles. The van der Waals surface area contributed by atoms with Crippen LogP contribution in [0.4, 0.5) is 0 Å². The zero-order valence-corrected chi connectivity index (χ0v) is 28.6. The summed E-state index contributed by atoms with van der Waals surface area (Å²) in [6.45, 7) is 12.0. The molecule has 2 saturated heterocycles. The average molecular weight is 642 g/mol.